The first-order valence-electron chi connectivity index (χ1n) is 8.42. The Labute approximate surface area is 129 Å². The molecule has 2 rings (SSSR count). The molecule has 1 aliphatic rings. The Morgan fingerprint density at radius 1 is 1.38 bits per heavy atom. The highest BCUT2D eigenvalue weighted by atomic mass is 16.5. The van der Waals surface area contributed by atoms with Crippen LogP contribution in [0.4, 0.5) is 5.69 Å². The summed E-state index contributed by atoms with van der Waals surface area (Å²) < 4.78 is 5.88. The first-order valence-corrected chi connectivity index (χ1v) is 8.42. The Morgan fingerprint density at radius 2 is 2.24 bits per heavy atom. The van der Waals surface area contributed by atoms with Crippen molar-refractivity contribution in [2.45, 2.75) is 65.0 Å². The van der Waals surface area contributed by atoms with Gasteiger partial charge in [-0.25, -0.2) is 0 Å². The molecule has 0 radical (unpaired) electrons. The first-order chi connectivity index (χ1) is 10.2. The molecule has 3 heteroatoms. The van der Waals surface area contributed by atoms with Crippen LogP contribution in [0.15, 0.2) is 18.2 Å². The Hall–Kier alpha value is -1.22. The molecule has 21 heavy (non-hydrogen) atoms. The van der Waals surface area contributed by atoms with Gasteiger partial charge in [-0.3, -0.25) is 0 Å². The lowest BCUT2D eigenvalue weighted by Crippen LogP contribution is -2.37. The first kappa shape index (κ1) is 16.2. The van der Waals surface area contributed by atoms with Crippen molar-refractivity contribution < 1.29 is 4.74 Å². The third-order valence-corrected chi connectivity index (χ3v) is 4.05. The highest BCUT2D eigenvalue weighted by molar-refractivity contribution is 5.58. The average Bonchev–Trinajstić information content (AvgIpc) is 2.48. The van der Waals surface area contributed by atoms with Gasteiger partial charge in [0.25, 0.3) is 0 Å². The molecule has 0 aromatic heterocycles. The number of ether oxygens (including phenoxy) is 1. The van der Waals surface area contributed by atoms with Gasteiger partial charge in [0, 0.05) is 12.1 Å². The lowest BCUT2D eigenvalue weighted by Gasteiger charge is -2.27. The van der Waals surface area contributed by atoms with E-state index in [2.05, 4.69) is 49.6 Å². The van der Waals surface area contributed by atoms with E-state index in [-0.39, 0.29) is 0 Å². The van der Waals surface area contributed by atoms with Crippen molar-refractivity contribution in [2.24, 2.45) is 0 Å². The summed E-state index contributed by atoms with van der Waals surface area (Å²) in [5.74, 6) is 0.986. The molecule has 0 amide bonds. The van der Waals surface area contributed by atoms with Crippen molar-refractivity contribution in [2.75, 3.05) is 18.5 Å². The van der Waals surface area contributed by atoms with E-state index in [1.54, 1.807) is 0 Å². The van der Waals surface area contributed by atoms with Crippen LogP contribution in [0.1, 0.15) is 51.5 Å². The van der Waals surface area contributed by atoms with Crippen LogP contribution < -0.4 is 15.4 Å². The molecule has 0 spiro atoms. The molecule has 1 heterocycles. The summed E-state index contributed by atoms with van der Waals surface area (Å²) in [4.78, 5) is 0. The number of hydrogen-bond donors (Lipinski definition) is 2. The van der Waals surface area contributed by atoms with Crippen molar-refractivity contribution in [1.82, 2.24) is 5.32 Å². The minimum absolute atomic E-state index is 0.451. The summed E-state index contributed by atoms with van der Waals surface area (Å²) in [6, 6.07) is 7.53. The molecule has 1 aromatic rings. The van der Waals surface area contributed by atoms with E-state index in [1.165, 1.54) is 37.8 Å². The number of piperidine rings is 1. The van der Waals surface area contributed by atoms with E-state index in [1.807, 2.05) is 0 Å². The van der Waals surface area contributed by atoms with Crippen molar-refractivity contribution >= 4 is 5.69 Å². The number of anilines is 1. The second-order valence-electron chi connectivity index (χ2n) is 6.28. The molecule has 0 saturated carbocycles. The normalized spacial score (nSPS) is 20.0. The number of nitrogens with one attached hydrogen (secondary N) is 2. The molecule has 2 unspecified atom stereocenters. The van der Waals surface area contributed by atoms with E-state index in [9.17, 15) is 0 Å². The molecule has 1 fully saturated rings. The molecule has 118 valence electrons. The van der Waals surface area contributed by atoms with Crippen molar-refractivity contribution in [1.29, 1.82) is 0 Å². The van der Waals surface area contributed by atoms with Gasteiger partial charge < -0.3 is 15.4 Å². The van der Waals surface area contributed by atoms with Gasteiger partial charge in [-0.1, -0.05) is 19.4 Å². The predicted octanol–water partition coefficient (Wildman–Crippen LogP) is 4.12. The van der Waals surface area contributed by atoms with Gasteiger partial charge in [0.2, 0.25) is 0 Å². The quantitative estimate of drug-likeness (QED) is 0.792. The fourth-order valence-corrected chi connectivity index (χ4v) is 2.96. The van der Waals surface area contributed by atoms with Gasteiger partial charge in [-0.2, -0.15) is 0 Å². The van der Waals surface area contributed by atoms with E-state index in [0.717, 1.165) is 24.5 Å². The highest BCUT2D eigenvalue weighted by Crippen LogP contribution is 2.27. The van der Waals surface area contributed by atoms with Crippen molar-refractivity contribution in [3.8, 4) is 5.75 Å². The van der Waals surface area contributed by atoms with Crippen LogP contribution in [-0.2, 0) is 0 Å². The van der Waals surface area contributed by atoms with Crippen molar-refractivity contribution in [3.05, 3.63) is 23.8 Å². The molecule has 2 atom stereocenters. The molecule has 0 bridgehead atoms. The summed E-state index contributed by atoms with van der Waals surface area (Å²) in [5.41, 5.74) is 2.37. The lowest BCUT2D eigenvalue weighted by molar-refractivity contribution is 0.318. The highest BCUT2D eigenvalue weighted by Gasteiger charge is 2.16. The summed E-state index contributed by atoms with van der Waals surface area (Å²) in [6.07, 6.45) is 6.19. The zero-order valence-electron chi connectivity index (χ0n) is 13.7. The zero-order chi connectivity index (χ0) is 15.1. The Kier molecular flexibility index (Phi) is 6.37. The SMILES string of the molecule is CCCOc1cc(C)ccc1NC(C)CC1CCCCN1. The van der Waals surface area contributed by atoms with Gasteiger partial charge in [-0.05, 0) is 63.8 Å². The predicted molar refractivity (Wildman–Crippen MR) is 90.3 cm³/mol. The number of aryl methyl sites for hydroxylation is 1. The van der Waals surface area contributed by atoms with Crippen LogP contribution in [0.3, 0.4) is 0 Å². The van der Waals surface area contributed by atoms with Crippen LogP contribution in [-0.4, -0.2) is 25.2 Å². The number of hydrogen-bond acceptors (Lipinski definition) is 3. The minimum Gasteiger partial charge on any atom is -0.491 e. The largest absolute Gasteiger partial charge is 0.491 e. The second kappa shape index (κ2) is 8.28. The third-order valence-electron chi connectivity index (χ3n) is 4.05. The Balaban J connectivity index is 1.93. The third kappa shape index (κ3) is 5.24. The second-order valence-corrected chi connectivity index (χ2v) is 6.28. The van der Waals surface area contributed by atoms with Crippen molar-refractivity contribution in [3.63, 3.8) is 0 Å². The van der Waals surface area contributed by atoms with E-state index < -0.39 is 0 Å². The topological polar surface area (TPSA) is 33.3 Å². The molecule has 3 nitrogen and oxygen atoms in total. The fourth-order valence-electron chi connectivity index (χ4n) is 2.96. The Morgan fingerprint density at radius 3 is 2.95 bits per heavy atom. The van der Waals surface area contributed by atoms with Crippen LogP contribution in [0.2, 0.25) is 0 Å². The van der Waals surface area contributed by atoms with Crippen LogP contribution >= 0.6 is 0 Å². The molecule has 2 N–H and O–H groups in total. The van der Waals surface area contributed by atoms with Gasteiger partial charge in [0.05, 0.1) is 12.3 Å². The maximum Gasteiger partial charge on any atom is 0.142 e. The van der Waals surface area contributed by atoms with Gasteiger partial charge in [-0.15, -0.1) is 0 Å². The molecule has 1 saturated heterocycles. The minimum atomic E-state index is 0.451. The fraction of sp³-hybridized carbons (Fsp3) is 0.667. The maximum absolute atomic E-state index is 5.88. The summed E-state index contributed by atoms with van der Waals surface area (Å²) >= 11 is 0. The monoisotopic (exact) mass is 290 g/mol. The van der Waals surface area contributed by atoms with E-state index in [4.69, 9.17) is 4.74 Å². The lowest BCUT2D eigenvalue weighted by atomic mass is 9.98. The smallest absolute Gasteiger partial charge is 0.142 e. The van der Waals surface area contributed by atoms with Gasteiger partial charge in [0.1, 0.15) is 5.75 Å². The van der Waals surface area contributed by atoms with Crippen LogP contribution in [0, 0.1) is 6.92 Å². The molecular weight excluding hydrogens is 260 g/mol. The average molecular weight is 290 g/mol. The number of rotatable bonds is 7. The molecular formula is C18H30N2O. The summed E-state index contributed by atoms with van der Waals surface area (Å²) in [6.45, 7) is 8.46. The van der Waals surface area contributed by atoms with Gasteiger partial charge >= 0.3 is 0 Å². The maximum atomic E-state index is 5.88. The number of benzene rings is 1. The molecule has 1 aromatic carbocycles. The standard InChI is InChI=1S/C18H30N2O/c1-4-11-21-18-12-14(2)8-9-17(18)20-15(3)13-16-7-5-6-10-19-16/h8-9,12,15-16,19-20H,4-7,10-11,13H2,1-3H3. The Bertz CT molecular complexity index is 427. The zero-order valence-corrected chi connectivity index (χ0v) is 13.7. The van der Waals surface area contributed by atoms with E-state index in [0.29, 0.717) is 12.1 Å². The molecule has 1 aliphatic heterocycles. The van der Waals surface area contributed by atoms with Gasteiger partial charge in [0.15, 0.2) is 0 Å². The summed E-state index contributed by atoms with van der Waals surface area (Å²) in [5, 5.41) is 7.25. The van der Waals surface area contributed by atoms with Crippen LogP contribution in [0.25, 0.3) is 0 Å². The van der Waals surface area contributed by atoms with Crippen LogP contribution in [0.5, 0.6) is 5.75 Å². The van der Waals surface area contributed by atoms with E-state index >= 15 is 0 Å². The molecule has 0 aliphatic carbocycles. The summed E-state index contributed by atoms with van der Waals surface area (Å²) in [7, 11) is 0.